The maximum atomic E-state index is 12.7. The molecule has 1 aliphatic heterocycles. The van der Waals surface area contributed by atoms with Gasteiger partial charge < -0.3 is 9.45 Å². The van der Waals surface area contributed by atoms with E-state index in [1.807, 2.05) is 0 Å². The summed E-state index contributed by atoms with van der Waals surface area (Å²) in [6, 6.07) is 3.14. The second-order valence-electron chi connectivity index (χ2n) is 4.37. The number of alkyl halides is 3. The summed E-state index contributed by atoms with van der Waals surface area (Å²) in [5.41, 5.74) is -0.879. The highest BCUT2D eigenvalue weighted by Crippen LogP contribution is 2.32. The number of hydrogen-bond donors (Lipinski definition) is 0. The first kappa shape index (κ1) is 15.7. The van der Waals surface area contributed by atoms with E-state index in [1.54, 1.807) is 0 Å². The van der Waals surface area contributed by atoms with Crippen LogP contribution >= 0.6 is 15.9 Å². The molecule has 1 fully saturated rings. The van der Waals surface area contributed by atoms with Crippen molar-refractivity contribution in [1.82, 2.24) is 4.90 Å². The van der Waals surface area contributed by atoms with Crippen LogP contribution in [-0.2, 0) is 17.4 Å². The fourth-order valence-electron chi connectivity index (χ4n) is 1.90. The van der Waals surface area contributed by atoms with Gasteiger partial charge in [-0.25, -0.2) is 0 Å². The number of halogens is 4. The van der Waals surface area contributed by atoms with E-state index in [-0.39, 0.29) is 10.0 Å². The van der Waals surface area contributed by atoms with Gasteiger partial charge in [-0.05, 0) is 18.2 Å². The Morgan fingerprint density at radius 3 is 2.40 bits per heavy atom. The van der Waals surface area contributed by atoms with E-state index in [0.29, 0.717) is 24.6 Å². The van der Waals surface area contributed by atoms with Crippen LogP contribution in [-0.4, -0.2) is 40.0 Å². The minimum atomic E-state index is -4.50. The predicted octanol–water partition coefficient (Wildman–Crippen LogP) is 2.67. The molecule has 3 nitrogen and oxygen atoms in total. The average Bonchev–Trinajstić information content (AvgIpc) is 2.37. The van der Waals surface area contributed by atoms with E-state index in [0.717, 1.165) is 12.1 Å². The average molecular weight is 370 g/mol. The molecule has 0 saturated carbocycles. The van der Waals surface area contributed by atoms with Crippen LogP contribution < -0.4 is 0 Å². The molecule has 1 aliphatic rings. The monoisotopic (exact) mass is 369 g/mol. The zero-order valence-corrected chi connectivity index (χ0v) is 12.6. The first-order valence-corrected chi connectivity index (χ1v) is 8.07. The van der Waals surface area contributed by atoms with Crippen LogP contribution in [0.5, 0.6) is 0 Å². The van der Waals surface area contributed by atoms with E-state index in [2.05, 4.69) is 15.9 Å². The van der Waals surface area contributed by atoms with Crippen LogP contribution in [0, 0.1) is 0 Å². The maximum absolute atomic E-state index is 12.7. The van der Waals surface area contributed by atoms with Gasteiger partial charge >= 0.3 is 6.18 Å². The molecule has 1 saturated heterocycles. The lowest BCUT2D eigenvalue weighted by atomic mass is 10.1. The molecule has 1 aromatic rings. The summed E-state index contributed by atoms with van der Waals surface area (Å²) in [7, 11) is 0. The first-order valence-electron chi connectivity index (χ1n) is 5.79. The molecule has 0 N–H and O–H groups in total. The molecule has 110 valence electrons. The molecule has 0 bridgehead atoms. The Bertz CT molecular complexity index is 516. The second-order valence-corrected chi connectivity index (χ2v) is 6.98. The summed E-state index contributed by atoms with van der Waals surface area (Å²) in [5, 5.41) is 0. The summed E-state index contributed by atoms with van der Waals surface area (Å²) in [5.74, 6) is 0.270. The van der Waals surface area contributed by atoms with Crippen molar-refractivity contribution in [3.63, 3.8) is 0 Å². The van der Waals surface area contributed by atoms with Crippen molar-refractivity contribution >= 4 is 33.0 Å². The lowest BCUT2D eigenvalue weighted by molar-refractivity contribution is -0.137. The lowest BCUT2D eigenvalue weighted by Crippen LogP contribution is -2.43. The van der Waals surface area contributed by atoms with Gasteiger partial charge in [-0.1, -0.05) is 27.1 Å². The second kappa shape index (κ2) is 5.95. The summed E-state index contributed by atoms with van der Waals surface area (Å²) in [4.78, 5) is 13.6. The van der Waals surface area contributed by atoms with Gasteiger partial charge in [0.1, 0.15) is 11.5 Å². The molecule has 0 unspecified atom stereocenters. The van der Waals surface area contributed by atoms with E-state index in [1.165, 1.54) is 11.0 Å². The summed E-state index contributed by atoms with van der Waals surface area (Å²) in [6.07, 6.45) is -4.50. The van der Waals surface area contributed by atoms with Crippen LogP contribution in [0.1, 0.15) is 15.9 Å². The van der Waals surface area contributed by atoms with Crippen LogP contribution in [0.25, 0.3) is 0 Å². The Kier molecular flexibility index (Phi) is 4.66. The molecule has 0 atom stereocenters. The van der Waals surface area contributed by atoms with Crippen LogP contribution in [0.4, 0.5) is 13.2 Å². The Morgan fingerprint density at radius 2 is 1.85 bits per heavy atom. The predicted molar refractivity (Wildman–Crippen MR) is 72.9 cm³/mol. The van der Waals surface area contributed by atoms with Gasteiger partial charge in [-0.2, -0.15) is 13.2 Å². The topological polar surface area (TPSA) is 43.4 Å². The lowest BCUT2D eigenvalue weighted by Gasteiger charge is -2.28. The zero-order chi connectivity index (χ0) is 14.9. The number of rotatable bonds is 1. The third-order valence-electron chi connectivity index (χ3n) is 2.94. The summed E-state index contributed by atoms with van der Waals surface area (Å²) in [6.45, 7) is 0.610. The van der Waals surface area contributed by atoms with Crippen molar-refractivity contribution in [1.29, 1.82) is 0 Å². The van der Waals surface area contributed by atoms with Crippen LogP contribution in [0.15, 0.2) is 22.7 Å². The number of benzene rings is 1. The maximum Gasteiger partial charge on any atom is 0.416 e. The number of carbonyl (C=O) groups is 1. The summed E-state index contributed by atoms with van der Waals surface area (Å²) < 4.78 is 49.6. The van der Waals surface area contributed by atoms with E-state index >= 15 is 0 Å². The molecule has 20 heavy (non-hydrogen) atoms. The zero-order valence-electron chi connectivity index (χ0n) is 10.2. The fourth-order valence-corrected chi connectivity index (χ4v) is 3.45. The fraction of sp³-hybridized carbons (Fsp3) is 0.417. The Balaban J connectivity index is 2.24. The third-order valence-corrected chi connectivity index (χ3v) is 4.67. The van der Waals surface area contributed by atoms with Crippen LogP contribution in [0.3, 0.4) is 0 Å². The minimum Gasteiger partial charge on any atom is -0.616 e. The number of nitrogens with zero attached hydrogens (tertiary/aromatic N) is 1. The molecule has 2 rings (SSSR count). The molecule has 0 aromatic heterocycles. The number of hydrogen-bond acceptors (Lipinski definition) is 2. The van der Waals surface area contributed by atoms with Gasteiger partial charge in [-0.3, -0.25) is 4.79 Å². The van der Waals surface area contributed by atoms with Crippen molar-refractivity contribution in [3.05, 3.63) is 33.8 Å². The van der Waals surface area contributed by atoms with Gasteiger partial charge in [0.25, 0.3) is 5.91 Å². The number of carbonyl (C=O) groups excluding carboxylic acids is 1. The summed E-state index contributed by atoms with van der Waals surface area (Å²) >= 11 is 2.05. The number of amides is 1. The van der Waals surface area contributed by atoms with E-state index in [4.69, 9.17) is 0 Å². The van der Waals surface area contributed by atoms with Gasteiger partial charge in [0, 0.05) is 10.0 Å². The Morgan fingerprint density at radius 1 is 1.25 bits per heavy atom. The molecule has 1 amide bonds. The molecular formula is C12H11BrF3NO2S. The molecule has 0 aliphatic carbocycles. The van der Waals surface area contributed by atoms with Crippen LogP contribution in [0.2, 0.25) is 0 Å². The van der Waals surface area contributed by atoms with Gasteiger partial charge in [-0.15, -0.1) is 0 Å². The first-order chi connectivity index (χ1) is 9.27. The van der Waals surface area contributed by atoms with Crippen molar-refractivity contribution < 1.29 is 22.5 Å². The molecule has 0 spiro atoms. The minimum absolute atomic E-state index is 0.0145. The van der Waals surface area contributed by atoms with Crippen molar-refractivity contribution in [2.24, 2.45) is 0 Å². The smallest absolute Gasteiger partial charge is 0.416 e. The van der Waals surface area contributed by atoms with Gasteiger partial charge in [0.05, 0.1) is 18.7 Å². The highest BCUT2D eigenvalue weighted by atomic mass is 79.9. The Labute approximate surface area is 125 Å². The van der Waals surface area contributed by atoms with Crippen molar-refractivity contribution in [2.75, 3.05) is 24.6 Å². The standard InChI is InChI=1S/C12H11BrF3NO2S/c13-10-6-8(5-9(7-10)12(14,15)16)11(18)17-1-3-20(19)4-2-17/h5-7H,1-4H2. The molecule has 8 heteroatoms. The normalized spacial score (nSPS) is 17.4. The third kappa shape index (κ3) is 3.67. The van der Waals surface area contributed by atoms with Gasteiger partial charge in [0.15, 0.2) is 0 Å². The Hall–Kier alpha value is -0.730. The van der Waals surface area contributed by atoms with Crippen molar-refractivity contribution in [2.45, 2.75) is 6.18 Å². The largest absolute Gasteiger partial charge is 0.616 e. The van der Waals surface area contributed by atoms with Gasteiger partial charge in [0.2, 0.25) is 0 Å². The molecular weight excluding hydrogens is 359 g/mol. The highest BCUT2D eigenvalue weighted by Gasteiger charge is 2.32. The molecule has 1 aromatic carbocycles. The quantitative estimate of drug-likeness (QED) is 0.714. The highest BCUT2D eigenvalue weighted by molar-refractivity contribution is 9.10. The van der Waals surface area contributed by atoms with E-state index in [9.17, 15) is 22.5 Å². The SMILES string of the molecule is O=C(c1cc(Br)cc(C(F)(F)F)c1)N1CC[S+]([O-])CC1. The van der Waals surface area contributed by atoms with Crippen molar-refractivity contribution in [3.8, 4) is 0 Å². The van der Waals surface area contributed by atoms with E-state index < -0.39 is 28.8 Å². The molecule has 0 radical (unpaired) electrons. The molecule has 1 heterocycles.